The van der Waals surface area contributed by atoms with Crippen LogP contribution in [0.2, 0.25) is 0 Å². The van der Waals surface area contributed by atoms with E-state index in [0.29, 0.717) is 32.0 Å². The molecule has 0 radical (unpaired) electrons. The van der Waals surface area contributed by atoms with Gasteiger partial charge in [-0.2, -0.15) is 0 Å². The second-order valence-electron chi connectivity index (χ2n) is 8.74. The molecule has 0 saturated carbocycles. The zero-order valence-corrected chi connectivity index (χ0v) is 19.0. The number of nitrogens with zero attached hydrogens (tertiary/aromatic N) is 2. The minimum absolute atomic E-state index is 0.0985. The lowest BCUT2D eigenvalue weighted by Gasteiger charge is -2.36. The quantitative estimate of drug-likeness (QED) is 0.680. The van der Waals surface area contributed by atoms with Gasteiger partial charge in [-0.25, -0.2) is 0 Å². The van der Waals surface area contributed by atoms with E-state index in [4.69, 9.17) is 4.74 Å². The number of carbonyl (C=O) groups excluding carboxylic acids is 2. The standard InChI is InChI=1S/C25H38N2O4/c1-30-25(29)12-7-11-24(28)27-17-5-4-16-26-15-3-2-9-22(26)14-13-21-8-6-10-23(20-21)31-19-18-27/h6,8,10,20,22H,2-5,7,9,11-19H2,1H3. The number of esters is 1. The van der Waals surface area contributed by atoms with Crippen molar-refractivity contribution in [3.05, 3.63) is 29.8 Å². The fourth-order valence-corrected chi connectivity index (χ4v) is 4.70. The summed E-state index contributed by atoms with van der Waals surface area (Å²) in [5.74, 6) is 0.719. The van der Waals surface area contributed by atoms with E-state index in [1.165, 1.54) is 44.9 Å². The number of fused-ring (bicyclic) bond motifs is 3. The molecule has 6 nitrogen and oxygen atoms in total. The molecular formula is C25H38N2O4. The van der Waals surface area contributed by atoms with E-state index in [1.807, 2.05) is 11.0 Å². The maximum absolute atomic E-state index is 12.8. The second-order valence-corrected chi connectivity index (χ2v) is 8.74. The van der Waals surface area contributed by atoms with Gasteiger partial charge in [0.15, 0.2) is 0 Å². The Morgan fingerprint density at radius 2 is 1.84 bits per heavy atom. The predicted molar refractivity (Wildman–Crippen MR) is 121 cm³/mol. The first-order valence-electron chi connectivity index (χ1n) is 12.0. The molecular weight excluding hydrogens is 392 g/mol. The van der Waals surface area contributed by atoms with E-state index in [-0.39, 0.29) is 18.3 Å². The van der Waals surface area contributed by atoms with Crippen LogP contribution in [0, 0.1) is 0 Å². The van der Waals surface area contributed by atoms with Gasteiger partial charge in [0.25, 0.3) is 0 Å². The fraction of sp³-hybridized carbons (Fsp3) is 0.680. The Morgan fingerprint density at radius 3 is 2.68 bits per heavy atom. The smallest absolute Gasteiger partial charge is 0.305 e. The average Bonchev–Trinajstić information content (AvgIpc) is 2.79. The topological polar surface area (TPSA) is 59.1 Å². The maximum Gasteiger partial charge on any atom is 0.305 e. The molecule has 0 aliphatic carbocycles. The van der Waals surface area contributed by atoms with Crippen LogP contribution in [-0.2, 0) is 20.7 Å². The molecule has 1 aromatic carbocycles. The van der Waals surface area contributed by atoms with Gasteiger partial charge in [-0.05, 0) is 75.7 Å². The third-order valence-electron chi connectivity index (χ3n) is 6.52. The van der Waals surface area contributed by atoms with Gasteiger partial charge in [0.05, 0.1) is 13.7 Å². The largest absolute Gasteiger partial charge is 0.492 e. The molecule has 2 bridgehead atoms. The predicted octanol–water partition coefficient (Wildman–Crippen LogP) is 3.82. The zero-order chi connectivity index (χ0) is 21.9. The summed E-state index contributed by atoms with van der Waals surface area (Å²) in [6, 6.07) is 9.07. The van der Waals surface area contributed by atoms with Gasteiger partial charge in [-0.15, -0.1) is 0 Å². The van der Waals surface area contributed by atoms with Gasteiger partial charge in [-0.1, -0.05) is 18.6 Å². The SMILES string of the molecule is COC(=O)CCCC(=O)N1CCCCN2CCCCC2CCc2cccc(c2)OCC1. The Bertz CT molecular complexity index is 709. The van der Waals surface area contributed by atoms with E-state index in [2.05, 4.69) is 27.8 Å². The normalized spacial score (nSPS) is 21.2. The average molecular weight is 431 g/mol. The number of ether oxygens (including phenoxy) is 2. The van der Waals surface area contributed by atoms with Crippen LogP contribution in [0.1, 0.15) is 63.4 Å². The van der Waals surface area contributed by atoms with Crippen LogP contribution in [-0.4, -0.2) is 67.6 Å². The van der Waals surface area contributed by atoms with Crippen molar-refractivity contribution in [3.8, 4) is 5.75 Å². The van der Waals surface area contributed by atoms with Crippen molar-refractivity contribution in [2.24, 2.45) is 0 Å². The highest BCUT2D eigenvalue weighted by atomic mass is 16.5. The van der Waals surface area contributed by atoms with Crippen molar-refractivity contribution in [2.45, 2.75) is 70.3 Å². The molecule has 3 rings (SSSR count). The van der Waals surface area contributed by atoms with Crippen molar-refractivity contribution >= 4 is 11.9 Å². The molecule has 1 fully saturated rings. The molecule has 6 heteroatoms. The number of amides is 1. The summed E-state index contributed by atoms with van der Waals surface area (Å²) in [5.41, 5.74) is 1.33. The van der Waals surface area contributed by atoms with Crippen LogP contribution in [0.4, 0.5) is 0 Å². The molecule has 1 aromatic rings. The van der Waals surface area contributed by atoms with Gasteiger partial charge in [0.2, 0.25) is 5.91 Å². The third-order valence-corrected chi connectivity index (χ3v) is 6.52. The number of hydrogen-bond acceptors (Lipinski definition) is 5. The number of carbonyl (C=O) groups is 2. The minimum Gasteiger partial charge on any atom is -0.492 e. The highest BCUT2D eigenvalue weighted by Crippen LogP contribution is 2.23. The molecule has 0 spiro atoms. The Kier molecular flexibility index (Phi) is 9.66. The lowest BCUT2D eigenvalue weighted by molar-refractivity contribution is -0.140. The van der Waals surface area contributed by atoms with Crippen LogP contribution < -0.4 is 4.74 Å². The maximum atomic E-state index is 12.8. The first kappa shape index (κ1) is 23.6. The summed E-state index contributed by atoms with van der Waals surface area (Å²) < 4.78 is 10.7. The number of rotatable bonds is 4. The van der Waals surface area contributed by atoms with E-state index in [9.17, 15) is 9.59 Å². The highest BCUT2D eigenvalue weighted by Gasteiger charge is 2.22. The Labute approximate surface area is 186 Å². The van der Waals surface area contributed by atoms with Crippen molar-refractivity contribution in [1.29, 1.82) is 0 Å². The van der Waals surface area contributed by atoms with E-state index >= 15 is 0 Å². The molecule has 1 atom stereocenters. The van der Waals surface area contributed by atoms with Crippen molar-refractivity contribution in [3.63, 3.8) is 0 Å². The van der Waals surface area contributed by atoms with Gasteiger partial charge in [0.1, 0.15) is 12.4 Å². The van der Waals surface area contributed by atoms with E-state index in [1.54, 1.807) is 0 Å². The molecule has 0 aromatic heterocycles. The number of hydrogen-bond donors (Lipinski definition) is 0. The molecule has 172 valence electrons. The van der Waals surface area contributed by atoms with Gasteiger partial charge in [-0.3, -0.25) is 9.59 Å². The van der Waals surface area contributed by atoms with Crippen LogP contribution in [0.3, 0.4) is 0 Å². The fourth-order valence-electron chi connectivity index (χ4n) is 4.70. The first-order valence-corrected chi connectivity index (χ1v) is 12.0. The van der Waals surface area contributed by atoms with Crippen LogP contribution in [0.15, 0.2) is 24.3 Å². The zero-order valence-electron chi connectivity index (χ0n) is 19.0. The van der Waals surface area contributed by atoms with E-state index in [0.717, 1.165) is 38.1 Å². The second kappa shape index (κ2) is 12.7. The molecule has 0 N–H and O–H groups in total. The summed E-state index contributed by atoms with van der Waals surface area (Å²) in [7, 11) is 1.38. The minimum atomic E-state index is -0.260. The number of benzene rings is 1. The first-order chi connectivity index (χ1) is 15.2. The lowest BCUT2D eigenvalue weighted by atomic mass is 9.95. The molecule has 1 amide bonds. The Morgan fingerprint density at radius 1 is 1.03 bits per heavy atom. The summed E-state index contributed by atoms with van der Waals surface area (Å²) in [4.78, 5) is 28.7. The number of piperidine rings is 1. The van der Waals surface area contributed by atoms with Crippen LogP contribution in [0.25, 0.3) is 0 Å². The summed E-state index contributed by atoms with van der Waals surface area (Å²) in [6.07, 6.45) is 9.51. The third kappa shape index (κ3) is 7.84. The molecule has 1 saturated heterocycles. The van der Waals surface area contributed by atoms with E-state index < -0.39 is 0 Å². The lowest BCUT2D eigenvalue weighted by Crippen LogP contribution is -2.40. The number of methoxy groups -OCH3 is 1. The highest BCUT2D eigenvalue weighted by molar-refractivity contribution is 5.77. The molecule has 2 heterocycles. The molecule has 31 heavy (non-hydrogen) atoms. The van der Waals surface area contributed by atoms with Gasteiger partial charge >= 0.3 is 5.97 Å². The summed E-state index contributed by atoms with van der Waals surface area (Å²) in [5, 5.41) is 0. The van der Waals surface area contributed by atoms with Crippen LogP contribution >= 0.6 is 0 Å². The van der Waals surface area contributed by atoms with Crippen molar-refractivity contribution < 1.29 is 19.1 Å². The van der Waals surface area contributed by atoms with Gasteiger partial charge < -0.3 is 19.3 Å². The Hall–Kier alpha value is -2.08. The number of aryl methyl sites for hydroxylation is 1. The monoisotopic (exact) mass is 430 g/mol. The Balaban J connectivity index is 1.62. The molecule has 2 aliphatic heterocycles. The summed E-state index contributed by atoms with van der Waals surface area (Å²) >= 11 is 0. The molecule has 2 aliphatic rings. The van der Waals surface area contributed by atoms with Gasteiger partial charge in [0, 0.05) is 25.4 Å². The van der Waals surface area contributed by atoms with Crippen molar-refractivity contribution in [1.82, 2.24) is 9.80 Å². The van der Waals surface area contributed by atoms with Crippen molar-refractivity contribution in [2.75, 3.05) is 39.9 Å². The van der Waals surface area contributed by atoms with Crippen LogP contribution in [0.5, 0.6) is 5.75 Å². The molecule has 1 unspecified atom stereocenters. The summed E-state index contributed by atoms with van der Waals surface area (Å²) in [6.45, 7) is 4.13.